The Bertz CT molecular complexity index is 469. The van der Waals surface area contributed by atoms with Gasteiger partial charge in [0.15, 0.2) is 0 Å². The van der Waals surface area contributed by atoms with Crippen LogP contribution in [0.2, 0.25) is 0 Å². The van der Waals surface area contributed by atoms with E-state index < -0.39 is 7.15 Å². The Balaban J connectivity index is 2.53. The topological polar surface area (TPSA) is 12.4 Å². The van der Waals surface area contributed by atoms with Gasteiger partial charge in [0.25, 0.3) is 0 Å². The van der Waals surface area contributed by atoms with Crippen LogP contribution >= 0.6 is 0 Å². The third-order valence-electron chi connectivity index (χ3n) is 1.72. The lowest BCUT2D eigenvalue weighted by molar-refractivity contribution is 1.58. The molecule has 2 rings (SSSR count). The van der Waals surface area contributed by atoms with Gasteiger partial charge in [-0.25, -0.2) is 4.99 Å². The van der Waals surface area contributed by atoms with Crippen LogP contribution in [0.1, 0.15) is 5.56 Å². The predicted molar refractivity (Wildman–Crippen MR) is 64.2 cm³/mol. The second-order valence-corrected chi connectivity index (χ2v) is 8.17. The Labute approximate surface area is 87.0 Å². The first-order chi connectivity index (χ1) is 6.20. The molecule has 0 unspecified atom stereocenters. The fourth-order valence-corrected chi connectivity index (χ4v) is 3.29. The zero-order chi connectivity index (χ0) is 9.31. The highest BCUT2D eigenvalue weighted by Gasteiger charge is 2.13. The first-order valence-electron chi connectivity index (χ1n) is 3.75. The van der Waals surface area contributed by atoms with Crippen molar-refractivity contribution in [2.24, 2.45) is 4.99 Å². The van der Waals surface area contributed by atoms with Gasteiger partial charge < -0.3 is 0 Å². The van der Waals surface area contributed by atoms with Crippen LogP contribution in [0.4, 0.5) is 0 Å². The molecule has 0 bridgehead atoms. The van der Waals surface area contributed by atoms with Crippen molar-refractivity contribution in [2.75, 3.05) is 0 Å². The van der Waals surface area contributed by atoms with Crippen LogP contribution in [0.25, 0.3) is 0 Å². The van der Waals surface area contributed by atoms with E-state index in [1.807, 2.05) is 35.7 Å². The van der Waals surface area contributed by atoms with Crippen LogP contribution in [-0.2, 0) is 29.5 Å². The Morgan fingerprint density at radius 2 is 1.77 bits per heavy atom. The minimum absolute atomic E-state index is 0.873. The molecule has 0 saturated carbocycles. The van der Waals surface area contributed by atoms with E-state index in [1.165, 1.54) is 0 Å². The number of hydrogen-bond donors (Lipinski definition) is 0. The van der Waals surface area contributed by atoms with Gasteiger partial charge in [-0.05, 0) is 29.5 Å². The largest absolute Gasteiger partial charge is 0.248 e. The molecule has 0 aliphatic carbocycles. The zero-order valence-electron chi connectivity index (χ0n) is 6.71. The standard InChI is InChI=1S/C9H7NS3/c11-13(12)7-6-10-9(13)8-4-2-1-3-5-8/h1-7H. The minimum atomic E-state index is -1.60. The van der Waals surface area contributed by atoms with Crippen LogP contribution < -0.4 is 0 Å². The lowest BCUT2D eigenvalue weighted by Crippen LogP contribution is -2.07. The van der Waals surface area contributed by atoms with Gasteiger partial charge in [0.05, 0.1) is 0 Å². The van der Waals surface area contributed by atoms with Crippen molar-refractivity contribution >= 4 is 34.6 Å². The normalized spacial score (nSPS) is 18.6. The summed E-state index contributed by atoms with van der Waals surface area (Å²) in [5, 5.41) is 2.72. The molecular formula is C9H7NS3. The molecule has 1 nitrogen and oxygen atoms in total. The summed E-state index contributed by atoms with van der Waals surface area (Å²) in [7, 11) is -1.60. The summed E-state index contributed by atoms with van der Waals surface area (Å²) in [6, 6.07) is 9.89. The quantitative estimate of drug-likeness (QED) is 0.725. The first-order valence-corrected chi connectivity index (χ1v) is 7.30. The molecule has 0 aromatic heterocycles. The molecule has 4 heteroatoms. The van der Waals surface area contributed by atoms with Gasteiger partial charge in [0.1, 0.15) is 5.04 Å². The molecule has 0 radical (unpaired) electrons. The SMILES string of the molecule is S=S1(=S)C=CN=C1c1ccccc1. The van der Waals surface area contributed by atoms with E-state index in [1.54, 1.807) is 6.20 Å². The van der Waals surface area contributed by atoms with Crippen molar-refractivity contribution in [1.82, 2.24) is 0 Å². The van der Waals surface area contributed by atoms with E-state index >= 15 is 0 Å². The average Bonchev–Trinajstić information content (AvgIpc) is 2.47. The summed E-state index contributed by atoms with van der Waals surface area (Å²) in [4.78, 5) is 4.22. The summed E-state index contributed by atoms with van der Waals surface area (Å²) in [6.07, 6.45) is 1.72. The fourth-order valence-electron chi connectivity index (χ4n) is 1.14. The van der Waals surface area contributed by atoms with Crippen LogP contribution in [0.15, 0.2) is 46.9 Å². The van der Waals surface area contributed by atoms with E-state index in [0.717, 1.165) is 10.6 Å². The van der Waals surface area contributed by atoms with Gasteiger partial charge in [-0.2, -0.15) is 0 Å². The number of benzene rings is 1. The van der Waals surface area contributed by atoms with Crippen molar-refractivity contribution in [1.29, 1.82) is 0 Å². The summed E-state index contributed by atoms with van der Waals surface area (Å²) in [5.41, 5.74) is 1.05. The smallest absolute Gasteiger partial charge is 0.115 e. The highest BCUT2D eigenvalue weighted by Crippen LogP contribution is 2.15. The summed E-state index contributed by atoms with van der Waals surface area (Å²) in [5.74, 6) is 0. The molecule has 1 heterocycles. The molecule has 0 saturated heterocycles. The van der Waals surface area contributed by atoms with Gasteiger partial charge >= 0.3 is 0 Å². The van der Waals surface area contributed by atoms with E-state index in [0.29, 0.717) is 0 Å². The molecule has 0 spiro atoms. The minimum Gasteiger partial charge on any atom is -0.248 e. The van der Waals surface area contributed by atoms with Gasteiger partial charge in [0, 0.05) is 17.2 Å². The molecule has 0 fully saturated rings. The summed E-state index contributed by atoms with van der Waals surface area (Å²) in [6.45, 7) is 0. The Morgan fingerprint density at radius 1 is 1.08 bits per heavy atom. The monoisotopic (exact) mass is 225 g/mol. The van der Waals surface area contributed by atoms with Gasteiger partial charge in [-0.1, -0.05) is 30.3 Å². The molecule has 1 aromatic rings. The Kier molecular flexibility index (Phi) is 2.27. The third kappa shape index (κ3) is 1.70. The maximum atomic E-state index is 5.29. The molecule has 1 aliphatic rings. The third-order valence-corrected chi connectivity index (χ3v) is 4.70. The Hall–Kier alpha value is -0.580. The molecule has 0 amide bonds. The molecule has 66 valence electrons. The Morgan fingerprint density at radius 3 is 2.31 bits per heavy atom. The van der Waals surface area contributed by atoms with Crippen molar-refractivity contribution < 1.29 is 0 Å². The molecular weight excluding hydrogens is 218 g/mol. The van der Waals surface area contributed by atoms with E-state index in [2.05, 4.69) is 4.99 Å². The predicted octanol–water partition coefficient (Wildman–Crippen LogP) is 2.00. The van der Waals surface area contributed by atoms with Gasteiger partial charge in [-0.15, -0.1) is 0 Å². The first kappa shape index (κ1) is 8.99. The fraction of sp³-hybridized carbons (Fsp3) is 0. The van der Waals surface area contributed by atoms with Gasteiger partial charge in [-0.3, -0.25) is 0 Å². The highest BCUT2D eigenvalue weighted by molar-refractivity contribution is 8.65. The van der Waals surface area contributed by atoms with E-state index in [-0.39, 0.29) is 0 Å². The molecule has 1 aliphatic heterocycles. The van der Waals surface area contributed by atoms with Crippen LogP contribution in [0.5, 0.6) is 0 Å². The van der Waals surface area contributed by atoms with E-state index in [4.69, 9.17) is 22.4 Å². The number of hydrogen-bond acceptors (Lipinski definition) is 3. The summed E-state index contributed by atoms with van der Waals surface area (Å²) < 4.78 is 0. The number of nitrogens with zero attached hydrogens (tertiary/aromatic N) is 1. The second-order valence-electron chi connectivity index (χ2n) is 2.63. The molecule has 13 heavy (non-hydrogen) atoms. The van der Waals surface area contributed by atoms with Crippen molar-refractivity contribution in [3.63, 3.8) is 0 Å². The van der Waals surface area contributed by atoms with Crippen LogP contribution in [-0.4, -0.2) is 5.04 Å². The average molecular weight is 225 g/mol. The number of aliphatic imine (C=N–C) groups is 1. The lowest BCUT2D eigenvalue weighted by Gasteiger charge is -2.03. The van der Waals surface area contributed by atoms with Crippen molar-refractivity contribution in [3.8, 4) is 0 Å². The highest BCUT2D eigenvalue weighted by atomic mass is 33.1. The van der Waals surface area contributed by atoms with Crippen molar-refractivity contribution in [3.05, 3.63) is 47.5 Å². The lowest BCUT2D eigenvalue weighted by atomic mass is 10.2. The zero-order valence-corrected chi connectivity index (χ0v) is 9.16. The van der Waals surface area contributed by atoms with Crippen LogP contribution in [0, 0.1) is 0 Å². The van der Waals surface area contributed by atoms with Gasteiger partial charge in [0.2, 0.25) is 0 Å². The second kappa shape index (κ2) is 3.29. The van der Waals surface area contributed by atoms with Crippen LogP contribution in [0.3, 0.4) is 0 Å². The summed E-state index contributed by atoms with van der Waals surface area (Å²) >= 11 is 10.6. The number of rotatable bonds is 1. The maximum Gasteiger partial charge on any atom is 0.115 e. The maximum absolute atomic E-state index is 5.29. The molecule has 0 atom stereocenters. The van der Waals surface area contributed by atoms with Crippen molar-refractivity contribution in [2.45, 2.75) is 0 Å². The molecule has 0 N–H and O–H groups in total. The molecule has 1 aromatic carbocycles. The van der Waals surface area contributed by atoms with E-state index in [9.17, 15) is 0 Å².